The quantitative estimate of drug-likeness (QED) is 0.665. The van der Waals surface area contributed by atoms with E-state index in [9.17, 15) is 15.2 Å². The van der Waals surface area contributed by atoms with Gasteiger partial charge >= 0.3 is 0 Å². The maximum Gasteiger partial charge on any atom is 0.292 e. The number of likely N-dealkylation sites (tertiary alicyclic amines) is 1. The molecule has 2 rings (SSSR count). The molecule has 1 fully saturated rings. The Morgan fingerprint density at radius 3 is 2.81 bits per heavy atom. The van der Waals surface area contributed by atoms with E-state index in [-0.39, 0.29) is 10.6 Å². The van der Waals surface area contributed by atoms with Gasteiger partial charge in [-0.2, -0.15) is 0 Å². The van der Waals surface area contributed by atoms with Crippen molar-refractivity contribution in [1.82, 2.24) is 4.90 Å². The highest BCUT2D eigenvalue weighted by atomic mass is 16.6. The number of aliphatic hydroxyl groups excluding tert-OH is 1. The molecule has 0 saturated carbocycles. The maximum absolute atomic E-state index is 11.3. The van der Waals surface area contributed by atoms with Crippen LogP contribution in [0.15, 0.2) is 18.2 Å². The standard InChI is InChI=1S/C15H23N3O3/c1-11(19)12-6-7-14(15(9-12)18(20)21)17(3)10-13-5-4-8-16(13)2/h6-7,9,11,13,19H,4-5,8,10H2,1-3H3/t11-,13?/m0/s1. The number of hydrogen-bond donors (Lipinski definition) is 1. The third-order valence-electron chi connectivity index (χ3n) is 4.25. The van der Waals surface area contributed by atoms with Gasteiger partial charge in [-0.05, 0) is 45.0 Å². The number of anilines is 1. The minimum Gasteiger partial charge on any atom is -0.389 e. The minimum atomic E-state index is -0.705. The summed E-state index contributed by atoms with van der Waals surface area (Å²) in [4.78, 5) is 15.1. The number of nitrogens with zero attached hydrogens (tertiary/aromatic N) is 3. The fourth-order valence-corrected chi connectivity index (χ4v) is 2.89. The molecule has 0 aromatic heterocycles. The second-order valence-electron chi connectivity index (χ2n) is 5.84. The van der Waals surface area contributed by atoms with Crippen LogP contribution in [0, 0.1) is 10.1 Å². The lowest BCUT2D eigenvalue weighted by Gasteiger charge is -2.27. The molecule has 0 spiro atoms. The maximum atomic E-state index is 11.3. The van der Waals surface area contributed by atoms with Gasteiger partial charge in [0.05, 0.1) is 11.0 Å². The summed E-state index contributed by atoms with van der Waals surface area (Å²) in [5.41, 5.74) is 1.22. The number of aliphatic hydroxyl groups is 1. The van der Waals surface area contributed by atoms with E-state index >= 15 is 0 Å². The van der Waals surface area contributed by atoms with Gasteiger partial charge in [0, 0.05) is 25.7 Å². The van der Waals surface area contributed by atoms with Crippen molar-refractivity contribution in [3.05, 3.63) is 33.9 Å². The molecule has 0 aliphatic carbocycles. The van der Waals surface area contributed by atoms with E-state index in [1.54, 1.807) is 19.1 Å². The third kappa shape index (κ3) is 3.51. The number of nitro benzene ring substituents is 1. The monoisotopic (exact) mass is 293 g/mol. The molecule has 1 aliphatic rings. The average molecular weight is 293 g/mol. The van der Waals surface area contributed by atoms with E-state index < -0.39 is 6.10 Å². The molecule has 6 nitrogen and oxygen atoms in total. The second kappa shape index (κ2) is 6.41. The zero-order chi connectivity index (χ0) is 15.6. The predicted octanol–water partition coefficient (Wildman–Crippen LogP) is 2.18. The molecule has 116 valence electrons. The Morgan fingerprint density at radius 1 is 1.57 bits per heavy atom. The van der Waals surface area contributed by atoms with Crippen LogP contribution in [-0.4, -0.2) is 48.2 Å². The Labute approximate surface area is 125 Å². The van der Waals surface area contributed by atoms with Gasteiger partial charge < -0.3 is 14.9 Å². The molecule has 6 heteroatoms. The molecular weight excluding hydrogens is 270 g/mol. The molecule has 1 aliphatic heterocycles. The molecule has 0 amide bonds. The zero-order valence-corrected chi connectivity index (χ0v) is 12.8. The molecule has 1 heterocycles. The van der Waals surface area contributed by atoms with Crippen LogP contribution in [0.25, 0.3) is 0 Å². The van der Waals surface area contributed by atoms with Crippen molar-refractivity contribution in [2.24, 2.45) is 0 Å². The SMILES string of the molecule is C[C@H](O)c1ccc(N(C)CC2CCCN2C)c([N+](=O)[O-])c1. The highest BCUT2D eigenvalue weighted by Crippen LogP contribution is 2.31. The number of rotatable bonds is 5. The Bertz CT molecular complexity index is 519. The van der Waals surface area contributed by atoms with Crippen LogP contribution in [0.4, 0.5) is 11.4 Å². The van der Waals surface area contributed by atoms with Crippen LogP contribution in [0.1, 0.15) is 31.4 Å². The van der Waals surface area contributed by atoms with Gasteiger partial charge in [-0.25, -0.2) is 0 Å². The first kappa shape index (κ1) is 15.7. The van der Waals surface area contributed by atoms with Gasteiger partial charge in [0.2, 0.25) is 0 Å². The summed E-state index contributed by atoms with van der Waals surface area (Å²) in [6.45, 7) is 3.46. The number of nitro groups is 1. The summed E-state index contributed by atoms with van der Waals surface area (Å²) in [6.07, 6.45) is 1.60. The fourth-order valence-electron chi connectivity index (χ4n) is 2.89. The lowest BCUT2D eigenvalue weighted by atomic mass is 10.1. The van der Waals surface area contributed by atoms with Crippen molar-refractivity contribution in [3.8, 4) is 0 Å². The first-order valence-corrected chi connectivity index (χ1v) is 7.28. The third-order valence-corrected chi connectivity index (χ3v) is 4.25. The van der Waals surface area contributed by atoms with Crippen molar-refractivity contribution in [2.45, 2.75) is 31.9 Å². The molecule has 0 bridgehead atoms. The van der Waals surface area contributed by atoms with Crippen molar-refractivity contribution in [2.75, 3.05) is 32.1 Å². The normalized spacial score (nSPS) is 20.5. The summed E-state index contributed by atoms with van der Waals surface area (Å²) in [6, 6.07) is 5.39. The van der Waals surface area contributed by atoms with Gasteiger partial charge in [-0.1, -0.05) is 6.07 Å². The van der Waals surface area contributed by atoms with Gasteiger partial charge in [0.25, 0.3) is 5.69 Å². The topological polar surface area (TPSA) is 69.8 Å². The Balaban J connectivity index is 2.23. The molecule has 1 unspecified atom stereocenters. The van der Waals surface area contributed by atoms with Gasteiger partial charge in [0.1, 0.15) is 5.69 Å². The average Bonchev–Trinajstić information content (AvgIpc) is 2.83. The first-order valence-electron chi connectivity index (χ1n) is 7.28. The van der Waals surface area contributed by atoms with Crippen LogP contribution in [0.3, 0.4) is 0 Å². The summed E-state index contributed by atoms with van der Waals surface area (Å²) in [5.74, 6) is 0. The number of likely N-dealkylation sites (N-methyl/N-ethyl adjacent to an activating group) is 2. The van der Waals surface area contributed by atoms with E-state index in [0.717, 1.165) is 19.5 Å². The minimum absolute atomic E-state index is 0.0524. The van der Waals surface area contributed by atoms with Crippen LogP contribution in [0.2, 0.25) is 0 Å². The molecular formula is C15H23N3O3. The van der Waals surface area contributed by atoms with Crippen molar-refractivity contribution < 1.29 is 10.0 Å². The van der Waals surface area contributed by atoms with E-state index in [2.05, 4.69) is 11.9 Å². The summed E-state index contributed by atoms with van der Waals surface area (Å²) in [7, 11) is 3.98. The van der Waals surface area contributed by atoms with E-state index in [1.165, 1.54) is 12.5 Å². The number of benzene rings is 1. The van der Waals surface area contributed by atoms with Crippen molar-refractivity contribution >= 4 is 11.4 Å². The van der Waals surface area contributed by atoms with Crippen LogP contribution < -0.4 is 4.90 Å². The van der Waals surface area contributed by atoms with Crippen molar-refractivity contribution in [3.63, 3.8) is 0 Å². The first-order chi connectivity index (χ1) is 9.90. The lowest BCUT2D eigenvalue weighted by Crippen LogP contribution is -2.36. The van der Waals surface area contributed by atoms with Gasteiger partial charge in [-0.15, -0.1) is 0 Å². The molecule has 0 radical (unpaired) electrons. The fraction of sp³-hybridized carbons (Fsp3) is 0.600. The smallest absolute Gasteiger partial charge is 0.292 e. The molecule has 1 aromatic rings. The Kier molecular flexibility index (Phi) is 4.80. The lowest BCUT2D eigenvalue weighted by molar-refractivity contribution is -0.384. The van der Waals surface area contributed by atoms with E-state index in [1.807, 2.05) is 11.9 Å². The zero-order valence-electron chi connectivity index (χ0n) is 12.8. The number of hydrogen-bond acceptors (Lipinski definition) is 5. The van der Waals surface area contributed by atoms with Crippen LogP contribution in [0.5, 0.6) is 0 Å². The Hall–Kier alpha value is -1.66. The molecule has 2 atom stereocenters. The van der Waals surface area contributed by atoms with E-state index in [0.29, 0.717) is 17.3 Å². The second-order valence-corrected chi connectivity index (χ2v) is 5.84. The predicted molar refractivity (Wildman–Crippen MR) is 82.7 cm³/mol. The highest BCUT2D eigenvalue weighted by Gasteiger charge is 2.25. The highest BCUT2D eigenvalue weighted by molar-refractivity contribution is 5.64. The van der Waals surface area contributed by atoms with E-state index in [4.69, 9.17) is 0 Å². The summed E-state index contributed by atoms with van der Waals surface area (Å²) in [5, 5.41) is 20.9. The molecule has 1 saturated heterocycles. The molecule has 21 heavy (non-hydrogen) atoms. The van der Waals surface area contributed by atoms with Crippen LogP contribution in [-0.2, 0) is 0 Å². The largest absolute Gasteiger partial charge is 0.389 e. The molecule has 1 aromatic carbocycles. The van der Waals surface area contributed by atoms with Crippen molar-refractivity contribution in [1.29, 1.82) is 0 Å². The van der Waals surface area contributed by atoms with Gasteiger partial charge in [-0.3, -0.25) is 10.1 Å². The van der Waals surface area contributed by atoms with Gasteiger partial charge in [0.15, 0.2) is 0 Å². The summed E-state index contributed by atoms with van der Waals surface area (Å²) >= 11 is 0. The molecule has 1 N–H and O–H groups in total. The summed E-state index contributed by atoms with van der Waals surface area (Å²) < 4.78 is 0. The Morgan fingerprint density at radius 2 is 2.29 bits per heavy atom. The van der Waals surface area contributed by atoms with Crippen LogP contribution >= 0.6 is 0 Å².